The molecule has 0 aliphatic carbocycles. The average molecular weight is 284 g/mol. The molecular weight excluding hydrogens is 264 g/mol. The van der Waals surface area contributed by atoms with Crippen LogP contribution in [0.1, 0.15) is 30.5 Å². The summed E-state index contributed by atoms with van der Waals surface area (Å²) in [6, 6.07) is 14.2. The number of aromatic nitrogens is 1. The van der Waals surface area contributed by atoms with Crippen molar-refractivity contribution in [2.24, 2.45) is 0 Å². The topological polar surface area (TPSA) is 51.2 Å². The molecule has 0 aliphatic rings. The van der Waals surface area contributed by atoms with Crippen LogP contribution in [0.4, 0.5) is 0 Å². The second kappa shape index (κ2) is 7.55. The monoisotopic (exact) mass is 284 g/mol. The predicted octanol–water partition coefficient (Wildman–Crippen LogP) is 2.71. The quantitative estimate of drug-likeness (QED) is 0.829. The predicted molar refractivity (Wildman–Crippen MR) is 81.8 cm³/mol. The Hall–Kier alpha value is -2.20. The number of carbonyl (C=O) groups excluding carboxylic acids is 1. The summed E-state index contributed by atoms with van der Waals surface area (Å²) < 4.78 is 4.72. The molecule has 1 aromatic heterocycles. The van der Waals surface area contributed by atoms with E-state index in [1.165, 1.54) is 7.11 Å². The van der Waals surface area contributed by atoms with Gasteiger partial charge in [0, 0.05) is 18.4 Å². The van der Waals surface area contributed by atoms with E-state index in [-0.39, 0.29) is 18.1 Å². The lowest BCUT2D eigenvalue weighted by Gasteiger charge is -2.23. The summed E-state index contributed by atoms with van der Waals surface area (Å²) in [5.74, 6) is -0.212. The smallest absolute Gasteiger partial charge is 0.307 e. The maximum absolute atomic E-state index is 11.4. The summed E-state index contributed by atoms with van der Waals surface area (Å²) >= 11 is 0. The van der Waals surface area contributed by atoms with Crippen molar-refractivity contribution in [3.63, 3.8) is 0 Å². The van der Waals surface area contributed by atoms with Crippen LogP contribution in [0.15, 0.2) is 54.9 Å². The number of hydrogen-bond donors (Lipinski definition) is 1. The number of benzene rings is 1. The van der Waals surface area contributed by atoms with E-state index in [0.29, 0.717) is 6.42 Å². The normalized spacial score (nSPS) is 13.4. The first-order valence-electron chi connectivity index (χ1n) is 6.98. The van der Waals surface area contributed by atoms with Crippen molar-refractivity contribution in [2.45, 2.75) is 25.4 Å². The molecule has 0 spiro atoms. The van der Waals surface area contributed by atoms with E-state index in [9.17, 15) is 4.79 Å². The molecule has 4 heteroatoms. The van der Waals surface area contributed by atoms with Crippen LogP contribution in [0.2, 0.25) is 0 Å². The zero-order chi connectivity index (χ0) is 15.1. The molecule has 0 saturated heterocycles. The molecule has 2 atom stereocenters. The Balaban J connectivity index is 2.19. The maximum Gasteiger partial charge on any atom is 0.307 e. The summed E-state index contributed by atoms with van der Waals surface area (Å²) in [6.45, 7) is 1.98. The Morgan fingerprint density at radius 1 is 1.14 bits per heavy atom. The Morgan fingerprint density at radius 2 is 1.76 bits per heavy atom. The zero-order valence-electron chi connectivity index (χ0n) is 12.3. The first-order valence-corrected chi connectivity index (χ1v) is 6.98. The van der Waals surface area contributed by atoms with Crippen LogP contribution < -0.4 is 5.32 Å². The summed E-state index contributed by atoms with van der Waals surface area (Å²) in [4.78, 5) is 15.5. The van der Waals surface area contributed by atoms with Crippen molar-refractivity contribution in [3.8, 4) is 0 Å². The lowest BCUT2D eigenvalue weighted by atomic mass is 9.98. The number of rotatable bonds is 6. The van der Waals surface area contributed by atoms with Gasteiger partial charge in [-0.25, -0.2) is 0 Å². The largest absolute Gasteiger partial charge is 0.469 e. The number of nitrogens with one attached hydrogen (secondary N) is 1. The lowest BCUT2D eigenvalue weighted by Crippen LogP contribution is -2.33. The third-order valence-electron chi connectivity index (χ3n) is 3.32. The average Bonchev–Trinajstić information content (AvgIpc) is 2.54. The summed E-state index contributed by atoms with van der Waals surface area (Å²) in [7, 11) is 1.41. The highest BCUT2D eigenvalue weighted by Gasteiger charge is 2.18. The second-order valence-electron chi connectivity index (χ2n) is 4.97. The molecule has 0 saturated carbocycles. The van der Waals surface area contributed by atoms with Crippen LogP contribution in [0.3, 0.4) is 0 Å². The van der Waals surface area contributed by atoms with Crippen LogP contribution in [0, 0.1) is 0 Å². The SMILES string of the molecule is COC(=O)CC(C)NC(c1ccccc1)c1ccncc1. The van der Waals surface area contributed by atoms with Gasteiger partial charge in [0.05, 0.1) is 19.6 Å². The fourth-order valence-electron chi connectivity index (χ4n) is 2.26. The van der Waals surface area contributed by atoms with Crippen LogP contribution >= 0.6 is 0 Å². The van der Waals surface area contributed by atoms with Crippen molar-refractivity contribution in [1.29, 1.82) is 0 Å². The van der Waals surface area contributed by atoms with Gasteiger partial charge in [-0.2, -0.15) is 0 Å². The van der Waals surface area contributed by atoms with E-state index in [0.717, 1.165) is 11.1 Å². The van der Waals surface area contributed by atoms with Gasteiger partial charge in [0.2, 0.25) is 0 Å². The van der Waals surface area contributed by atoms with Crippen molar-refractivity contribution >= 4 is 5.97 Å². The Morgan fingerprint density at radius 3 is 2.38 bits per heavy atom. The van der Waals surface area contributed by atoms with Crippen molar-refractivity contribution in [1.82, 2.24) is 10.3 Å². The summed E-state index contributed by atoms with van der Waals surface area (Å²) in [5.41, 5.74) is 2.27. The molecule has 0 radical (unpaired) electrons. The third kappa shape index (κ3) is 4.39. The second-order valence-corrected chi connectivity index (χ2v) is 4.97. The number of pyridine rings is 1. The van der Waals surface area contributed by atoms with E-state index < -0.39 is 0 Å². The minimum atomic E-state index is -0.212. The fraction of sp³-hybridized carbons (Fsp3) is 0.294. The number of esters is 1. The van der Waals surface area contributed by atoms with Crippen molar-refractivity contribution in [2.75, 3.05) is 7.11 Å². The molecule has 0 bridgehead atoms. The summed E-state index contributed by atoms with van der Waals surface area (Å²) in [5, 5.41) is 3.49. The molecule has 0 amide bonds. The van der Waals surface area contributed by atoms with Crippen molar-refractivity contribution in [3.05, 3.63) is 66.0 Å². The number of hydrogen-bond acceptors (Lipinski definition) is 4. The third-order valence-corrected chi connectivity index (χ3v) is 3.32. The number of ether oxygens (including phenoxy) is 1. The molecular formula is C17H20N2O2. The van der Waals surface area contributed by atoms with Gasteiger partial charge in [-0.3, -0.25) is 9.78 Å². The number of nitrogens with zero attached hydrogens (tertiary/aromatic N) is 1. The molecule has 2 unspecified atom stereocenters. The minimum Gasteiger partial charge on any atom is -0.469 e. The van der Waals surface area contributed by atoms with E-state index in [2.05, 4.69) is 22.4 Å². The first kappa shape index (κ1) is 15.2. The van der Waals surface area contributed by atoms with Crippen LogP contribution in [-0.4, -0.2) is 24.1 Å². The highest BCUT2D eigenvalue weighted by molar-refractivity contribution is 5.69. The molecule has 1 heterocycles. The summed E-state index contributed by atoms with van der Waals surface area (Å²) in [6.07, 6.45) is 3.89. The van der Waals surface area contributed by atoms with E-state index in [1.54, 1.807) is 12.4 Å². The molecule has 21 heavy (non-hydrogen) atoms. The standard InChI is InChI=1S/C17H20N2O2/c1-13(12-16(20)21-2)19-17(14-6-4-3-5-7-14)15-8-10-18-11-9-15/h3-11,13,17,19H,12H2,1-2H3. The molecule has 0 fully saturated rings. The highest BCUT2D eigenvalue weighted by atomic mass is 16.5. The van der Waals surface area contributed by atoms with Gasteiger partial charge in [-0.15, -0.1) is 0 Å². The molecule has 1 aromatic carbocycles. The van der Waals surface area contributed by atoms with Gasteiger partial charge in [-0.1, -0.05) is 30.3 Å². The highest BCUT2D eigenvalue weighted by Crippen LogP contribution is 2.22. The van der Waals surface area contributed by atoms with Crippen molar-refractivity contribution < 1.29 is 9.53 Å². The van der Waals surface area contributed by atoms with Crippen LogP contribution in [-0.2, 0) is 9.53 Å². The number of methoxy groups -OCH3 is 1. The minimum absolute atomic E-state index is 0.0100. The lowest BCUT2D eigenvalue weighted by molar-refractivity contribution is -0.141. The molecule has 4 nitrogen and oxygen atoms in total. The molecule has 1 N–H and O–H groups in total. The number of carbonyl (C=O) groups is 1. The van der Waals surface area contributed by atoms with E-state index in [4.69, 9.17) is 4.74 Å². The Bertz CT molecular complexity index is 518. The van der Waals surface area contributed by atoms with Gasteiger partial charge in [0.1, 0.15) is 0 Å². The van der Waals surface area contributed by atoms with Gasteiger partial charge in [0.25, 0.3) is 0 Å². The Kier molecular flexibility index (Phi) is 5.46. The maximum atomic E-state index is 11.4. The molecule has 2 rings (SSSR count). The van der Waals surface area contributed by atoms with Gasteiger partial charge >= 0.3 is 5.97 Å². The van der Waals surface area contributed by atoms with Gasteiger partial charge in [-0.05, 0) is 30.2 Å². The fourth-order valence-corrected chi connectivity index (χ4v) is 2.26. The van der Waals surface area contributed by atoms with Crippen LogP contribution in [0.25, 0.3) is 0 Å². The van der Waals surface area contributed by atoms with Crippen LogP contribution in [0.5, 0.6) is 0 Å². The molecule has 110 valence electrons. The zero-order valence-corrected chi connectivity index (χ0v) is 12.3. The molecule has 2 aromatic rings. The van der Waals surface area contributed by atoms with E-state index in [1.807, 2.05) is 37.3 Å². The molecule has 0 aliphatic heterocycles. The van der Waals surface area contributed by atoms with E-state index >= 15 is 0 Å². The van der Waals surface area contributed by atoms with Gasteiger partial charge in [0.15, 0.2) is 0 Å². The Labute approximate surface area is 125 Å². The van der Waals surface area contributed by atoms with Gasteiger partial charge < -0.3 is 10.1 Å². The first-order chi connectivity index (χ1) is 10.2.